The number of carbonyl (C=O) groups excluding carboxylic acids is 2. The Kier molecular flexibility index (Phi) is 4.05. The molecule has 5 heteroatoms. The molecule has 2 saturated carbocycles. The molecule has 0 radical (unpaired) electrons. The third-order valence-corrected chi connectivity index (χ3v) is 5.65. The molecule has 5 nitrogen and oxygen atoms in total. The van der Waals surface area contributed by atoms with Gasteiger partial charge in [-0.15, -0.1) is 0 Å². The summed E-state index contributed by atoms with van der Waals surface area (Å²) >= 11 is 0. The van der Waals surface area contributed by atoms with E-state index in [0.717, 1.165) is 22.8 Å². The third-order valence-electron chi connectivity index (χ3n) is 5.65. The van der Waals surface area contributed by atoms with Crippen molar-refractivity contribution in [2.24, 2.45) is 0 Å². The van der Waals surface area contributed by atoms with Crippen molar-refractivity contribution in [1.29, 1.82) is 0 Å². The molecular weight excluding hydrogens is 328 g/mol. The summed E-state index contributed by atoms with van der Waals surface area (Å²) in [5, 5.41) is 0. The zero-order valence-electron chi connectivity index (χ0n) is 16.0. The average Bonchev–Trinajstić information content (AvgIpc) is 3.51. The molecule has 138 valence electrons. The van der Waals surface area contributed by atoms with E-state index in [1.807, 2.05) is 39.8 Å². The predicted octanol–water partition coefficient (Wildman–Crippen LogP) is 4.23. The molecule has 26 heavy (non-hydrogen) atoms. The van der Waals surface area contributed by atoms with Crippen LogP contribution in [-0.4, -0.2) is 27.5 Å². The highest BCUT2D eigenvalue weighted by Crippen LogP contribution is 2.39. The Hall–Kier alpha value is -2.30. The number of ether oxygens (including phenoxy) is 1. The fourth-order valence-electron chi connectivity index (χ4n) is 4.12. The van der Waals surface area contributed by atoms with Crippen molar-refractivity contribution < 1.29 is 14.3 Å². The zero-order valence-corrected chi connectivity index (χ0v) is 16.0. The van der Waals surface area contributed by atoms with Crippen LogP contribution in [0.2, 0.25) is 0 Å². The average molecular weight is 354 g/mol. The van der Waals surface area contributed by atoms with Crippen LogP contribution in [0.25, 0.3) is 0 Å². The molecular formula is C21H26N2O3. The van der Waals surface area contributed by atoms with E-state index in [1.54, 1.807) is 0 Å². The first-order valence-corrected chi connectivity index (χ1v) is 9.45. The van der Waals surface area contributed by atoms with E-state index in [0.29, 0.717) is 23.2 Å². The number of aryl methyl sites for hydroxylation is 2. The van der Waals surface area contributed by atoms with Gasteiger partial charge in [0, 0.05) is 40.4 Å². The van der Waals surface area contributed by atoms with Gasteiger partial charge in [0.2, 0.25) is 5.78 Å². The lowest BCUT2D eigenvalue weighted by atomic mass is 10.1. The molecule has 2 heterocycles. The van der Waals surface area contributed by atoms with Gasteiger partial charge in [-0.05, 0) is 65.5 Å². The topological polar surface area (TPSA) is 53.2 Å². The van der Waals surface area contributed by atoms with Gasteiger partial charge in [0.25, 0.3) is 0 Å². The van der Waals surface area contributed by atoms with Gasteiger partial charge in [0.15, 0.2) is 6.61 Å². The normalized spacial score (nSPS) is 16.8. The van der Waals surface area contributed by atoms with Crippen LogP contribution >= 0.6 is 0 Å². The Morgan fingerprint density at radius 3 is 1.85 bits per heavy atom. The molecule has 0 amide bonds. The minimum Gasteiger partial charge on any atom is -0.454 e. The molecule has 2 aliphatic rings. The maximum absolute atomic E-state index is 12.6. The smallest absolute Gasteiger partial charge is 0.340 e. The monoisotopic (exact) mass is 354 g/mol. The first-order valence-electron chi connectivity index (χ1n) is 9.45. The maximum Gasteiger partial charge on any atom is 0.340 e. The number of aromatic nitrogens is 2. The van der Waals surface area contributed by atoms with E-state index in [2.05, 4.69) is 9.13 Å². The van der Waals surface area contributed by atoms with Crippen LogP contribution in [0.5, 0.6) is 0 Å². The van der Waals surface area contributed by atoms with Crippen LogP contribution in [0.4, 0.5) is 0 Å². The number of hydrogen-bond acceptors (Lipinski definition) is 3. The molecule has 0 N–H and O–H groups in total. The van der Waals surface area contributed by atoms with Crippen LogP contribution in [0.15, 0.2) is 12.1 Å². The minimum atomic E-state index is -0.408. The quantitative estimate of drug-likeness (QED) is 0.576. The summed E-state index contributed by atoms with van der Waals surface area (Å²) in [6.07, 6.45) is 4.69. The molecule has 2 fully saturated rings. The van der Waals surface area contributed by atoms with Crippen molar-refractivity contribution in [3.05, 3.63) is 46.0 Å². The summed E-state index contributed by atoms with van der Waals surface area (Å²) in [7, 11) is 0. The fraction of sp³-hybridized carbons (Fsp3) is 0.524. The molecule has 0 unspecified atom stereocenters. The molecule has 0 saturated heterocycles. The summed E-state index contributed by atoms with van der Waals surface area (Å²) in [5.74, 6) is -0.538. The molecule has 0 aromatic carbocycles. The van der Waals surface area contributed by atoms with E-state index in [1.165, 1.54) is 25.7 Å². The van der Waals surface area contributed by atoms with Crippen LogP contribution < -0.4 is 0 Å². The van der Waals surface area contributed by atoms with Crippen LogP contribution in [-0.2, 0) is 4.74 Å². The lowest BCUT2D eigenvalue weighted by Crippen LogP contribution is -2.15. The Morgan fingerprint density at radius 2 is 1.35 bits per heavy atom. The third kappa shape index (κ3) is 2.89. The number of carbonyl (C=O) groups is 2. The number of ketones is 1. The number of hydrogen-bond donors (Lipinski definition) is 0. The molecule has 0 atom stereocenters. The van der Waals surface area contributed by atoms with Crippen molar-refractivity contribution >= 4 is 11.8 Å². The summed E-state index contributed by atoms with van der Waals surface area (Å²) in [6, 6.07) is 4.85. The molecule has 0 aliphatic heterocycles. The largest absolute Gasteiger partial charge is 0.454 e. The number of nitrogens with zero attached hydrogens (tertiary/aromatic N) is 2. The highest BCUT2D eigenvalue weighted by Gasteiger charge is 2.30. The van der Waals surface area contributed by atoms with Gasteiger partial charge in [-0.25, -0.2) is 4.79 Å². The Morgan fingerprint density at radius 1 is 0.885 bits per heavy atom. The Labute approximate surface area is 153 Å². The SMILES string of the molecule is Cc1cc(C(=O)COC(=O)c2cc(C)n(C3CC3)c2C)c(C)n1C1CC1. The van der Waals surface area contributed by atoms with Gasteiger partial charge >= 0.3 is 5.97 Å². The molecule has 0 spiro atoms. The van der Waals surface area contributed by atoms with E-state index in [9.17, 15) is 9.59 Å². The van der Waals surface area contributed by atoms with Gasteiger partial charge in [0.05, 0.1) is 5.56 Å². The van der Waals surface area contributed by atoms with Crippen molar-refractivity contribution in [3.8, 4) is 0 Å². The maximum atomic E-state index is 12.6. The number of rotatable bonds is 6. The first kappa shape index (κ1) is 17.1. The summed E-state index contributed by atoms with van der Waals surface area (Å²) in [4.78, 5) is 25.1. The number of Topliss-reactive ketones (excluding diaryl/α,β-unsaturated/α-hetero) is 1. The Bertz CT molecular complexity index is 821. The van der Waals surface area contributed by atoms with Gasteiger partial charge < -0.3 is 13.9 Å². The molecule has 4 rings (SSSR count). The van der Waals surface area contributed by atoms with Gasteiger partial charge in [-0.2, -0.15) is 0 Å². The number of esters is 1. The van der Waals surface area contributed by atoms with Gasteiger partial charge in [-0.3, -0.25) is 4.79 Å². The van der Waals surface area contributed by atoms with Crippen molar-refractivity contribution in [2.45, 2.75) is 65.5 Å². The highest BCUT2D eigenvalue weighted by atomic mass is 16.5. The highest BCUT2D eigenvalue weighted by molar-refractivity contribution is 6.00. The zero-order chi connectivity index (χ0) is 18.6. The van der Waals surface area contributed by atoms with E-state index in [-0.39, 0.29) is 12.4 Å². The summed E-state index contributed by atoms with van der Waals surface area (Å²) in [5.41, 5.74) is 5.35. The molecule has 2 aromatic rings. The Balaban J connectivity index is 1.46. The summed E-state index contributed by atoms with van der Waals surface area (Å²) in [6.45, 7) is 7.76. The molecule has 2 aliphatic carbocycles. The van der Waals surface area contributed by atoms with Crippen LogP contribution in [0.3, 0.4) is 0 Å². The summed E-state index contributed by atoms with van der Waals surface area (Å²) < 4.78 is 9.81. The van der Waals surface area contributed by atoms with Gasteiger partial charge in [0.1, 0.15) is 0 Å². The lowest BCUT2D eigenvalue weighted by molar-refractivity contribution is 0.0473. The second kappa shape index (κ2) is 6.15. The first-order chi connectivity index (χ1) is 12.4. The molecule has 0 bridgehead atoms. The fourth-order valence-corrected chi connectivity index (χ4v) is 4.12. The van der Waals surface area contributed by atoms with Gasteiger partial charge in [-0.1, -0.05) is 0 Å². The minimum absolute atomic E-state index is 0.130. The van der Waals surface area contributed by atoms with Crippen molar-refractivity contribution in [1.82, 2.24) is 9.13 Å². The van der Waals surface area contributed by atoms with E-state index >= 15 is 0 Å². The van der Waals surface area contributed by atoms with Crippen LogP contribution in [0.1, 0.15) is 81.3 Å². The van der Waals surface area contributed by atoms with Crippen molar-refractivity contribution in [2.75, 3.05) is 6.61 Å². The standard InChI is InChI=1S/C21H26N2O3/c1-12-9-18(14(3)22(12)16-5-6-16)20(24)11-26-21(25)19-10-13(2)23(15(19)4)17-7-8-17/h9-10,16-17H,5-8,11H2,1-4H3. The second-order valence-corrected chi connectivity index (χ2v) is 7.77. The molecule has 2 aromatic heterocycles. The van der Waals surface area contributed by atoms with Crippen LogP contribution in [0, 0.1) is 27.7 Å². The predicted molar refractivity (Wildman–Crippen MR) is 99.0 cm³/mol. The van der Waals surface area contributed by atoms with E-state index in [4.69, 9.17) is 4.74 Å². The van der Waals surface area contributed by atoms with E-state index < -0.39 is 5.97 Å². The second-order valence-electron chi connectivity index (χ2n) is 7.77. The van der Waals surface area contributed by atoms with Crippen molar-refractivity contribution in [3.63, 3.8) is 0 Å². The lowest BCUT2D eigenvalue weighted by Gasteiger charge is -2.09.